The predicted molar refractivity (Wildman–Crippen MR) is 101 cm³/mol. The maximum Gasteiger partial charge on any atom is 0.321 e. The molecule has 26 heavy (non-hydrogen) atoms. The summed E-state index contributed by atoms with van der Waals surface area (Å²) in [5.41, 5.74) is 1.65. The number of carbonyl (C=O) groups is 1. The Morgan fingerprint density at radius 1 is 1.04 bits per heavy atom. The van der Waals surface area contributed by atoms with E-state index in [9.17, 15) is 9.18 Å². The van der Waals surface area contributed by atoms with Crippen molar-refractivity contribution < 1.29 is 13.9 Å². The minimum absolute atomic E-state index is 0.110. The van der Waals surface area contributed by atoms with Crippen molar-refractivity contribution in [1.82, 2.24) is 4.90 Å². The van der Waals surface area contributed by atoms with Gasteiger partial charge in [-0.25, -0.2) is 9.18 Å². The molecule has 5 nitrogen and oxygen atoms in total. The van der Waals surface area contributed by atoms with E-state index in [2.05, 4.69) is 10.2 Å². The van der Waals surface area contributed by atoms with Gasteiger partial charge in [0.05, 0.1) is 11.8 Å². The topological polar surface area (TPSA) is 44.8 Å². The van der Waals surface area contributed by atoms with Gasteiger partial charge in [0.2, 0.25) is 0 Å². The fourth-order valence-corrected chi connectivity index (χ4v) is 2.96. The Morgan fingerprint density at radius 2 is 1.69 bits per heavy atom. The van der Waals surface area contributed by atoms with Crippen LogP contribution in [0.25, 0.3) is 0 Å². The molecule has 0 aromatic heterocycles. The van der Waals surface area contributed by atoms with Crippen molar-refractivity contribution >= 4 is 17.4 Å². The minimum Gasteiger partial charge on any atom is -0.489 e. The summed E-state index contributed by atoms with van der Waals surface area (Å²) in [6.45, 7) is 6.71. The summed E-state index contributed by atoms with van der Waals surface area (Å²) in [6, 6.07) is 13.6. The average molecular weight is 357 g/mol. The third-order valence-electron chi connectivity index (χ3n) is 4.23. The summed E-state index contributed by atoms with van der Waals surface area (Å²) < 4.78 is 18.9. The van der Waals surface area contributed by atoms with Crippen molar-refractivity contribution in [2.45, 2.75) is 20.0 Å². The first-order valence-electron chi connectivity index (χ1n) is 8.85. The lowest BCUT2D eigenvalue weighted by Gasteiger charge is -2.36. The Kier molecular flexibility index (Phi) is 5.61. The van der Waals surface area contributed by atoms with Gasteiger partial charge < -0.3 is 19.9 Å². The van der Waals surface area contributed by atoms with Gasteiger partial charge >= 0.3 is 6.03 Å². The Morgan fingerprint density at radius 3 is 2.35 bits per heavy atom. The van der Waals surface area contributed by atoms with E-state index < -0.39 is 0 Å². The minimum atomic E-state index is -0.320. The van der Waals surface area contributed by atoms with Crippen LogP contribution in [0.5, 0.6) is 5.75 Å². The normalized spacial score (nSPS) is 14.5. The number of para-hydroxylation sites is 2. The summed E-state index contributed by atoms with van der Waals surface area (Å²) in [5, 5.41) is 2.81. The standard InChI is InChI=1S/C20H24FN3O2/c1-15(2)26-19-6-4-3-5-18(19)23-11-13-24(14-12-23)20(25)22-17-9-7-16(21)8-10-17/h3-10,15H,11-14H2,1-2H3,(H,22,25). The second-order valence-corrected chi connectivity index (χ2v) is 6.55. The number of ether oxygens (including phenoxy) is 1. The number of anilines is 2. The van der Waals surface area contributed by atoms with E-state index in [1.165, 1.54) is 12.1 Å². The molecular weight excluding hydrogens is 333 g/mol. The second kappa shape index (κ2) is 8.08. The zero-order chi connectivity index (χ0) is 18.5. The van der Waals surface area contributed by atoms with Crippen LogP contribution in [-0.4, -0.2) is 43.2 Å². The molecule has 1 aliphatic rings. The molecule has 0 atom stereocenters. The third kappa shape index (κ3) is 4.45. The highest BCUT2D eigenvalue weighted by Gasteiger charge is 2.23. The molecule has 2 aromatic carbocycles. The summed E-state index contributed by atoms with van der Waals surface area (Å²) in [4.78, 5) is 16.4. The number of benzene rings is 2. The van der Waals surface area contributed by atoms with Crippen LogP contribution in [0.15, 0.2) is 48.5 Å². The van der Waals surface area contributed by atoms with Crippen molar-refractivity contribution in [2.24, 2.45) is 0 Å². The van der Waals surface area contributed by atoms with Crippen molar-refractivity contribution in [3.63, 3.8) is 0 Å². The fourth-order valence-electron chi connectivity index (χ4n) is 2.96. The molecule has 1 N–H and O–H groups in total. The number of carbonyl (C=O) groups excluding carboxylic acids is 1. The van der Waals surface area contributed by atoms with Crippen LogP contribution in [0.3, 0.4) is 0 Å². The Bertz CT molecular complexity index is 741. The maximum atomic E-state index is 13.0. The Hall–Kier alpha value is -2.76. The van der Waals surface area contributed by atoms with Crippen LogP contribution in [-0.2, 0) is 0 Å². The molecule has 0 aliphatic carbocycles. The first-order chi connectivity index (χ1) is 12.5. The monoisotopic (exact) mass is 357 g/mol. The molecule has 2 aromatic rings. The summed E-state index contributed by atoms with van der Waals surface area (Å²) >= 11 is 0. The van der Waals surface area contributed by atoms with Crippen molar-refractivity contribution in [3.8, 4) is 5.75 Å². The van der Waals surface area contributed by atoms with E-state index in [1.54, 1.807) is 17.0 Å². The van der Waals surface area contributed by atoms with Gasteiger partial charge in [0, 0.05) is 31.9 Å². The first-order valence-corrected chi connectivity index (χ1v) is 8.85. The molecule has 1 heterocycles. The number of rotatable bonds is 4. The first kappa shape index (κ1) is 18.0. The fraction of sp³-hybridized carbons (Fsp3) is 0.350. The van der Waals surface area contributed by atoms with Gasteiger partial charge in [0.1, 0.15) is 11.6 Å². The molecule has 138 valence electrons. The van der Waals surface area contributed by atoms with Crippen LogP contribution in [0.2, 0.25) is 0 Å². The van der Waals surface area contributed by atoms with Crippen LogP contribution in [0.4, 0.5) is 20.6 Å². The zero-order valence-corrected chi connectivity index (χ0v) is 15.1. The van der Waals surface area contributed by atoms with Gasteiger partial charge in [-0.05, 0) is 50.2 Å². The number of halogens is 1. The number of hydrogen-bond acceptors (Lipinski definition) is 3. The predicted octanol–water partition coefficient (Wildman–Crippen LogP) is 3.97. The third-order valence-corrected chi connectivity index (χ3v) is 4.23. The van der Waals surface area contributed by atoms with Crippen molar-refractivity contribution in [2.75, 3.05) is 36.4 Å². The summed E-state index contributed by atoms with van der Waals surface area (Å²) in [5.74, 6) is 0.547. The number of nitrogens with zero attached hydrogens (tertiary/aromatic N) is 2. The lowest BCUT2D eigenvalue weighted by Crippen LogP contribution is -2.50. The van der Waals surface area contributed by atoms with Crippen molar-refractivity contribution in [1.29, 1.82) is 0 Å². The molecule has 1 aliphatic heterocycles. The maximum absolute atomic E-state index is 13.0. The van der Waals surface area contributed by atoms with Gasteiger partial charge in [0.25, 0.3) is 0 Å². The SMILES string of the molecule is CC(C)Oc1ccccc1N1CCN(C(=O)Nc2ccc(F)cc2)CC1. The average Bonchev–Trinajstić information content (AvgIpc) is 2.64. The molecule has 3 rings (SSSR count). The highest BCUT2D eigenvalue weighted by Crippen LogP contribution is 2.29. The summed E-state index contributed by atoms with van der Waals surface area (Å²) in [7, 11) is 0. The largest absolute Gasteiger partial charge is 0.489 e. The van der Waals surface area contributed by atoms with Crippen molar-refractivity contribution in [3.05, 3.63) is 54.3 Å². The zero-order valence-electron chi connectivity index (χ0n) is 15.1. The summed E-state index contributed by atoms with van der Waals surface area (Å²) in [6.07, 6.45) is 0.110. The lowest BCUT2D eigenvalue weighted by atomic mass is 10.2. The Balaban J connectivity index is 1.59. The van der Waals surface area contributed by atoms with E-state index in [1.807, 2.05) is 38.1 Å². The van der Waals surface area contributed by atoms with E-state index in [0.717, 1.165) is 24.5 Å². The number of nitrogens with one attached hydrogen (secondary N) is 1. The molecule has 0 spiro atoms. The second-order valence-electron chi connectivity index (χ2n) is 6.55. The lowest BCUT2D eigenvalue weighted by molar-refractivity contribution is 0.207. The number of amides is 2. The van der Waals surface area contributed by atoms with E-state index in [4.69, 9.17) is 4.74 Å². The quantitative estimate of drug-likeness (QED) is 0.901. The molecule has 0 bridgehead atoms. The van der Waals surface area contributed by atoms with Crippen LogP contribution >= 0.6 is 0 Å². The van der Waals surface area contributed by atoms with Crippen LogP contribution < -0.4 is 15.0 Å². The van der Waals surface area contributed by atoms with Gasteiger partial charge in [-0.2, -0.15) is 0 Å². The molecule has 6 heteroatoms. The molecule has 2 amide bonds. The van der Waals surface area contributed by atoms with Gasteiger partial charge in [-0.3, -0.25) is 0 Å². The van der Waals surface area contributed by atoms with Crippen LogP contribution in [0, 0.1) is 5.82 Å². The highest BCUT2D eigenvalue weighted by atomic mass is 19.1. The highest BCUT2D eigenvalue weighted by molar-refractivity contribution is 5.89. The molecule has 1 fully saturated rings. The smallest absolute Gasteiger partial charge is 0.321 e. The van der Waals surface area contributed by atoms with Gasteiger partial charge in [0.15, 0.2) is 0 Å². The van der Waals surface area contributed by atoms with Gasteiger partial charge in [-0.1, -0.05) is 12.1 Å². The Labute approximate surface area is 153 Å². The van der Waals surface area contributed by atoms with E-state index in [-0.39, 0.29) is 18.0 Å². The molecule has 0 unspecified atom stereocenters. The molecular formula is C20H24FN3O2. The molecule has 0 radical (unpaired) electrons. The van der Waals surface area contributed by atoms with E-state index in [0.29, 0.717) is 18.8 Å². The number of piperazine rings is 1. The molecule has 1 saturated heterocycles. The van der Waals surface area contributed by atoms with Gasteiger partial charge in [-0.15, -0.1) is 0 Å². The van der Waals surface area contributed by atoms with Crippen LogP contribution in [0.1, 0.15) is 13.8 Å². The number of hydrogen-bond donors (Lipinski definition) is 1. The molecule has 0 saturated carbocycles. The van der Waals surface area contributed by atoms with E-state index >= 15 is 0 Å². The number of urea groups is 1.